The molecule has 0 saturated carbocycles. The van der Waals surface area contributed by atoms with E-state index in [1.54, 1.807) is 24.3 Å². The second-order valence-electron chi connectivity index (χ2n) is 2.63. The van der Waals surface area contributed by atoms with Gasteiger partial charge >= 0.3 is 0 Å². The van der Waals surface area contributed by atoms with Gasteiger partial charge in [-0.3, -0.25) is 4.79 Å². The third kappa shape index (κ3) is 6.63. The third-order valence-electron chi connectivity index (χ3n) is 1.65. The largest absolute Gasteiger partial charge is 0.313 e. The first-order valence-corrected chi connectivity index (χ1v) is 6.29. The molecule has 0 bridgehead atoms. The molecule has 1 heterocycles. The van der Waals surface area contributed by atoms with E-state index in [0.717, 1.165) is 0 Å². The highest BCUT2D eigenvalue weighted by atomic mass is 16.1. The van der Waals surface area contributed by atoms with Crippen molar-refractivity contribution < 1.29 is 0 Å². The van der Waals surface area contributed by atoms with Gasteiger partial charge in [0.2, 0.25) is 0 Å². The van der Waals surface area contributed by atoms with Crippen molar-refractivity contribution in [2.45, 2.75) is 34.6 Å². The molecular weight excluding hydrogens is 224 g/mol. The van der Waals surface area contributed by atoms with Crippen molar-refractivity contribution in [3.63, 3.8) is 0 Å². The average molecular weight is 248 g/mol. The average Bonchev–Trinajstić information content (AvgIpc) is 2.43. The SMILES string of the molecule is C=C/C=c1/nc[nH]c(=O)/c1=C/C=C\C.CC.CC. The molecule has 1 aromatic heterocycles. The summed E-state index contributed by atoms with van der Waals surface area (Å²) in [7, 11) is 0. The highest BCUT2D eigenvalue weighted by molar-refractivity contribution is 5.39. The molecule has 3 nitrogen and oxygen atoms in total. The van der Waals surface area contributed by atoms with E-state index in [9.17, 15) is 4.79 Å². The van der Waals surface area contributed by atoms with E-state index >= 15 is 0 Å². The molecule has 0 amide bonds. The number of rotatable bonds is 2. The Labute approximate surface area is 109 Å². The lowest BCUT2D eigenvalue weighted by Gasteiger charge is -1.86. The van der Waals surface area contributed by atoms with Crippen molar-refractivity contribution >= 4 is 12.2 Å². The van der Waals surface area contributed by atoms with Gasteiger partial charge in [-0.15, -0.1) is 0 Å². The monoisotopic (exact) mass is 248 g/mol. The van der Waals surface area contributed by atoms with Gasteiger partial charge in [0.15, 0.2) is 0 Å². The number of hydrogen-bond donors (Lipinski definition) is 1. The standard InChI is InChI=1S/C11H12N2O.2C2H6/c1-3-5-7-9-10(6-4-2)12-8-13-11(9)14;2*1-2/h3-8H,2H2,1H3,(H,12,13,14);2*1-2H3/b5-3-,9-7+,10-6+;;. The highest BCUT2D eigenvalue weighted by Crippen LogP contribution is 1.68. The first kappa shape index (κ1) is 18.5. The molecule has 0 fully saturated rings. The molecule has 1 rings (SSSR count). The van der Waals surface area contributed by atoms with Gasteiger partial charge in [0.1, 0.15) is 0 Å². The van der Waals surface area contributed by atoms with Gasteiger partial charge < -0.3 is 4.98 Å². The quantitative estimate of drug-likeness (QED) is 0.871. The van der Waals surface area contributed by atoms with Crippen LogP contribution in [0.3, 0.4) is 0 Å². The second kappa shape index (κ2) is 13.2. The summed E-state index contributed by atoms with van der Waals surface area (Å²) in [6.07, 6.45) is 10.1. The number of aromatic nitrogens is 2. The lowest BCUT2D eigenvalue weighted by atomic mass is 10.3. The maximum Gasteiger partial charge on any atom is 0.258 e. The molecule has 3 heteroatoms. The van der Waals surface area contributed by atoms with E-state index in [1.165, 1.54) is 6.33 Å². The Kier molecular flexibility index (Phi) is 13.5. The fourth-order valence-electron chi connectivity index (χ4n) is 1.02. The lowest BCUT2D eigenvalue weighted by molar-refractivity contribution is 1.05. The predicted molar refractivity (Wildman–Crippen MR) is 80.7 cm³/mol. The Hall–Kier alpha value is -1.90. The Bertz CT molecular complexity index is 510. The maximum atomic E-state index is 11.4. The lowest BCUT2D eigenvalue weighted by Crippen LogP contribution is -2.42. The molecule has 1 aromatic rings. The topological polar surface area (TPSA) is 45.8 Å². The molecule has 0 aliphatic rings. The normalized spacial score (nSPS) is 11.4. The van der Waals surface area contributed by atoms with Crippen LogP contribution in [0.25, 0.3) is 12.2 Å². The van der Waals surface area contributed by atoms with Crippen molar-refractivity contribution in [2.24, 2.45) is 0 Å². The number of allylic oxidation sites excluding steroid dienone is 3. The number of nitrogens with zero attached hydrogens (tertiary/aromatic N) is 1. The van der Waals surface area contributed by atoms with Crippen molar-refractivity contribution in [3.8, 4) is 0 Å². The van der Waals surface area contributed by atoms with Crippen molar-refractivity contribution in [1.82, 2.24) is 9.97 Å². The van der Waals surface area contributed by atoms with Crippen LogP contribution in [0.4, 0.5) is 0 Å². The van der Waals surface area contributed by atoms with Crippen LogP contribution in [0, 0.1) is 0 Å². The van der Waals surface area contributed by atoms with Crippen LogP contribution in [0.2, 0.25) is 0 Å². The van der Waals surface area contributed by atoms with Crippen LogP contribution in [0.1, 0.15) is 34.6 Å². The molecule has 18 heavy (non-hydrogen) atoms. The summed E-state index contributed by atoms with van der Waals surface area (Å²) in [5.74, 6) is 0. The maximum absolute atomic E-state index is 11.4. The highest BCUT2D eigenvalue weighted by Gasteiger charge is 1.89. The summed E-state index contributed by atoms with van der Waals surface area (Å²) in [5, 5.41) is 1.17. The second-order valence-corrected chi connectivity index (χ2v) is 2.63. The summed E-state index contributed by atoms with van der Waals surface area (Å²) in [6.45, 7) is 13.5. The van der Waals surface area contributed by atoms with Crippen LogP contribution in [0.15, 0.2) is 35.9 Å². The summed E-state index contributed by atoms with van der Waals surface area (Å²) in [4.78, 5) is 18.0. The molecule has 0 unspecified atom stereocenters. The Morgan fingerprint density at radius 2 is 1.83 bits per heavy atom. The van der Waals surface area contributed by atoms with Gasteiger partial charge in [-0.05, 0) is 19.1 Å². The summed E-state index contributed by atoms with van der Waals surface area (Å²) < 4.78 is 0. The minimum Gasteiger partial charge on any atom is -0.313 e. The summed E-state index contributed by atoms with van der Waals surface area (Å²) in [5.41, 5.74) is -0.147. The van der Waals surface area contributed by atoms with Crippen LogP contribution < -0.4 is 16.1 Å². The molecule has 0 aromatic carbocycles. The van der Waals surface area contributed by atoms with Crippen molar-refractivity contribution in [3.05, 3.63) is 52.1 Å². The van der Waals surface area contributed by atoms with Crippen molar-refractivity contribution in [1.29, 1.82) is 0 Å². The Morgan fingerprint density at radius 3 is 2.33 bits per heavy atom. The summed E-state index contributed by atoms with van der Waals surface area (Å²) in [6, 6.07) is 0. The number of aromatic amines is 1. The van der Waals surface area contributed by atoms with Gasteiger partial charge in [0.05, 0.1) is 16.9 Å². The minimum atomic E-state index is -0.147. The minimum absolute atomic E-state index is 0.147. The van der Waals surface area contributed by atoms with E-state index in [2.05, 4.69) is 16.5 Å². The molecule has 100 valence electrons. The van der Waals surface area contributed by atoms with E-state index in [1.807, 2.05) is 40.7 Å². The molecule has 0 atom stereocenters. The molecule has 0 aliphatic heterocycles. The molecule has 0 spiro atoms. The number of nitrogens with one attached hydrogen (secondary N) is 1. The fourth-order valence-corrected chi connectivity index (χ4v) is 1.02. The Morgan fingerprint density at radius 1 is 1.22 bits per heavy atom. The van der Waals surface area contributed by atoms with Crippen molar-refractivity contribution in [2.75, 3.05) is 0 Å². The molecule has 0 saturated heterocycles. The first-order chi connectivity index (χ1) is 8.79. The van der Waals surface area contributed by atoms with Crippen LogP contribution in [-0.4, -0.2) is 9.97 Å². The smallest absolute Gasteiger partial charge is 0.258 e. The molecule has 0 radical (unpaired) electrons. The van der Waals surface area contributed by atoms with E-state index in [4.69, 9.17) is 0 Å². The van der Waals surface area contributed by atoms with Crippen LogP contribution in [0.5, 0.6) is 0 Å². The van der Waals surface area contributed by atoms with E-state index in [-0.39, 0.29) is 5.56 Å². The zero-order valence-corrected chi connectivity index (χ0v) is 12.0. The fraction of sp³-hybridized carbons (Fsp3) is 0.333. The van der Waals surface area contributed by atoms with Gasteiger partial charge in [0, 0.05) is 0 Å². The first-order valence-electron chi connectivity index (χ1n) is 6.29. The number of H-pyrrole nitrogens is 1. The zero-order chi connectivity index (χ0) is 14.4. The molecule has 1 N–H and O–H groups in total. The van der Waals surface area contributed by atoms with E-state index < -0.39 is 0 Å². The number of hydrogen-bond acceptors (Lipinski definition) is 2. The van der Waals surface area contributed by atoms with Gasteiger partial charge in [-0.25, -0.2) is 4.98 Å². The van der Waals surface area contributed by atoms with E-state index in [0.29, 0.717) is 10.6 Å². The predicted octanol–water partition coefficient (Wildman–Crippen LogP) is 2.15. The van der Waals surface area contributed by atoms with Crippen LogP contribution in [-0.2, 0) is 0 Å². The van der Waals surface area contributed by atoms with Crippen LogP contribution >= 0.6 is 0 Å². The third-order valence-corrected chi connectivity index (χ3v) is 1.65. The molecular formula is C15H24N2O. The molecule has 0 aliphatic carbocycles. The van der Waals surface area contributed by atoms with Gasteiger partial charge in [-0.1, -0.05) is 52.5 Å². The zero-order valence-electron chi connectivity index (χ0n) is 12.0. The Balaban J connectivity index is 0. The summed E-state index contributed by atoms with van der Waals surface area (Å²) >= 11 is 0. The van der Waals surface area contributed by atoms with Gasteiger partial charge in [-0.2, -0.15) is 0 Å². The van der Waals surface area contributed by atoms with Gasteiger partial charge in [0.25, 0.3) is 5.56 Å².